The average molecular weight is 264 g/mol. The summed E-state index contributed by atoms with van der Waals surface area (Å²) < 4.78 is 5.94. The first-order valence-corrected chi connectivity index (χ1v) is 7.53. The van der Waals surface area contributed by atoms with Crippen molar-refractivity contribution in [1.82, 2.24) is 10.2 Å². The third-order valence-corrected chi connectivity index (χ3v) is 4.35. The fourth-order valence-corrected chi connectivity index (χ4v) is 3.18. The topological polar surface area (TPSA) is 28.4 Å². The summed E-state index contributed by atoms with van der Waals surface area (Å²) in [6, 6.07) is 2.91. The van der Waals surface area contributed by atoms with E-state index in [-0.39, 0.29) is 0 Å². The third-order valence-electron chi connectivity index (χ3n) is 4.35. The van der Waals surface area contributed by atoms with E-state index in [0.717, 1.165) is 36.6 Å². The summed E-state index contributed by atoms with van der Waals surface area (Å²) in [6.45, 7) is 6.25. The zero-order valence-corrected chi connectivity index (χ0v) is 12.8. The van der Waals surface area contributed by atoms with Gasteiger partial charge in [-0.1, -0.05) is 19.8 Å². The number of nitrogens with one attached hydrogen (secondary N) is 1. The normalized spacial score (nSPS) is 24.1. The summed E-state index contributed by atoms with van der Waals surface area (Å²) in [5.74, 6) is 3.05. The molecule has 1 heterocycles. The van der Waals surface area contributed by atoms with E-state index in [0.29, 0.717) is 0 Å². The van der Waals surface area contributed by atoms with Gasteiger partial charge in [0.05, 0.1) is 13.1 Å². The average Bonchev–Trinajstić information content (AvgIpc) is 2.70. The highest BCUT2D eigenvalue weighted by Crippen LogP contribution is 2.28. The molecule has 1 fully saturated rings. The molecule has 2 rings (SSSR count). The number of hydrogen-bond acceptors (Lipinski definition) is 3. The van der Waals surface area contributed by atoms with Crippen molar-refractivity contribution < 1.29 is 4.42 Å². The van der Waals surface area contributed by atoms with Gasteiger partial charge in [-0.15, -0.1) is 0 Å². The second-order valence-electron chi connectivity index (χ2n) is 6.19. The van der Waals surface area contributed by atoms with Gasteiger partial charge in [-0.05, 0) is 51.4 Å². The smallest absolute Gasteiger partial charge is 0.120 e. The first-order chi connectivity index (χ1) is 9.10. The minimum absolute atomic E-state index is 0.724. The van der Waals surface area contributed by atoms with E-state index in [9.17, 15) is 0 Å². The van der Waals surface area contributed by atoms with Gasteiger partial charge >= 0.3 is 0 Å². The maximum atomic E-state index is 5.94. The van der Waals surface area contributed by atoms with Crippen LogP contribution in [0.15, 0.2) is 10.5 Å². The Morgan fingerprint density at radius 1 is 1.42 bits per heavy atom. The molecule has 0 amide bonds. The van der Waals surface area contributed by atoms with Crippen LogP contribution < -0.4 is 5.32 Å². The van der Waals surface area contributed by atoms with E-state index in [2.05, 4.69) is 37.2 Å². The van der Waals surface area contributed by atoms with Crippen molar-refractivity contribution in [2.24, 2.45) is 5.92 Å². The molecule has 2 atom stereocenters. The van der Waals surface area contributed by atoms with Gasteiger partial charge in [0, 0.05) is 6.04 Å². The predicted octanol–water partition coefficient (Wildman–Crippen LogP) is 3.32. The summed E-state index contributed by atoms with van der Waals surface area (Å²) in [6.07, 6.45) is 5.44. The highest BCUT2D eigenvalue weighted by molar-refractivity contribution is 5.20. The van der Waals surface area contributed by atoms with Crippen molar-refractivity contribution in [3.8, 4) is 0 Å². The highest BCUT2D eigenvalue weighted by Gasteiger charge is 2.23. The molecular weight excluding hydrogens is 236 g/mol. The van der Waals surface area contributed by atoms with Crippen LogP contribution in [-0.2, 0) is 13.1 Å². The fraction of sp³-hybridized carbons (Fsp3) is 0.750. The molecule has 1 aromatic rings. The van der Waals surface area contributed by atoms with E-state index in [1.807, 2.05) is 7.05 Å². The van der Waals surface area contributed by atoms with Gasteiger partial charge in [0.1, 0.15) is 11.5 Å². The second-order valence-corrected chi connectivity index (χ2v) is 6.19. The van der Waals surface area contributed by atoms with Crippen molar-refractivity contribution in [2.45, 2.75) is 58.7 Å². The Hall–Kier alpha value is -0.800. The Morgan fingerprint density at radius 3 is 2.89 bits per heavy atom. The van der Waals surface area contributed by atoms with Crippen LogP contribution in [0.5, 0.6) is 0 Å². The molecule has 108 valence electrons. The quantitative estimate of drug-likeness (QED) is 0.884. The molecule has 0 aliphatic heterocycles. The van der Waals surface area contributed by atoms with Crippen LogP contribution in [0.2, 0.25) is 0 Å². The van der Waals surface area contributed by atoms with Gasteiger partial charge in [-0.25, -0.2) is 0 Å². The van der Waals surface area contributed by atoms with Crippen LogP contribution in [0, 0.1) is 12.8 Å². The lowest BCUT2D eigenvalue weighted by molar-refractivity contribution is 0.148. The molecule has 1 saturated carbocycles. The summed E-state index contributed by atoms with van der Waals surface area (Å²) in [5, 5.41) is 3.15. The van der Waals surface area contributed by atoms with E-state index in [1.54, 1.807) is 0 Å². The second kappa shape index (κ2) is 6.58. The van der Waals surface area contributed by atoms with Gasteiger partial charge in [-0.2, -0.15) is 0 Å². The molecule has 1 aliphatic carbocycles. The van der Waals surface area contributed by atoms with Crippen molar-refractivity contribution in [2.75, 3.05) is 14.1 Å². The predicted molar refractivity (Wildman–Crippen MR) is 79.1 cm³/mol. The zero-order valence-electron chi connectivity index (χ0n) is 12.8. The maximum absolute atomic E-state index is 5.94. The van der Waals surface area contributed by atoms with Crippen molar-refractivity contribution in [1.29, 1.82) is 0 Å². The number of aryl methyl sites for hydroxylation is 1. The molecule has 3 heteroatoms. The van der Waals surface area contributed by atoms with E-state index >= 15 is 0 Å². The van der Waals surface area contributed by atoms with Crippen LogP contribution >= 0.6 is 0 Å². The Kier molecular flexibility index (Phi) is 5.06. The minimum atomic E-state index is 0.724. The lowest BCUT2D eigenvalue weighted by Crippen LogP contribution is -2.34. The van der Waals surface area contributed by atoms with Gasteiger partial charge in [0.25, 0.3) is 0 Å². The molecule has 1 N–H and O–H groups in total. The third kappa shape index (κ3) is 3.83. The molecule has 3 nitrogen and oxygen atoms in total. The summed E-state index contributed by atoms with van der Waals surface area (Å²) in [5.41, 5.74) is 1.26. The Morgan fingerprint density at radius 2 is 2.21 bits per heavy atom. The Labute approximate surface area is 117 Å². The largest absolute Gasteiger partial charge is 0.463 e. The molecule has 19 heavy (non-hydrogen) atoms. The van der Waals surface area contributed by atoms with Crippen molar-refractivity contribution in [3.63, 3.8) is 0 Å². The number of hydrogen-bond donors (Lipinski definition) is 1. The molecule has 0 radical (unpaired) electrons. The van der Waals surface area contributed by atoms with Gasteiger partial charge in [-0.3, -0.25) is 4.90 Å². The maximum Gasteiger partial charge on any atom is 0.120 e. The van der Waals surface area contributed by atoms with Crippen molar-refractivity contribution in [3.05, 3.63) is 23.2 Å². The van der Waals surface area contributed by atoms with E-state index in [4.69, 9.17) is 4.42 Å². The van der Waals surface area contributed by atoms with Gasteiger partial charge in [0.2, 0.25) is 0 Å². The molecule has 0 saturated heterocycles. The lowest BCUT2D eigenvalue weighted by Gasteiger charge is -2.33. The molecular formula is C16H28N2O. The highest BCUT2D eigenvalue weighted by atomic mass is 16.3. The van der Waals surface area contributed by atoms with Gasteiger partial charge < -0.3 is 9.73 Å². The molecule has 1 aliphatic rings. The standard InChI is InChI=1S/C16H28N2O/c1-12-6-5-7-14(8-12)18(4)11-15-9-13(2)16(19-15)10-17-3/h9,12,14,17H,5-8,10-11H2,1-4H3. The number of furan rings is 1. The van der Waals surface area contributed by atoms with E-state index < -0.39 is 0 Å². The number of rotatable bonds is 5. The van der Waals surface area contributed by atoms with Crippen LogP contribution in [0.3, 0.4) is 0 Å². The SMILES string of the molecule is CNCc1oc(CN(C)C2CCCC(C)C2)cc1C. The fourth-order valence-electron chi connectivity index (χ4n) is 3.18. The Bertz CT molecular complexity index is 399. The van der Waals surface area contributed by atoms with E-state index in [1.165, 1.54) is 31.2 Å². The first kappa shape index (κ1) is 14.6. The van der Waals surface area contributed by atoms with Crippen LogP contribution in [0.4, 0.5) is 0 Å². The van der Waals surface area contributed by atoms with Crippen LogP contribution in [0.1, 0.15) is 49.7 Å². The Balaban J connectivity index is 1.94. The van der Waals surface area contributed by atoms with Crippen LogP contribution in [0.25, 0.3) is 0 Å². The molecule has 0 aromatic carbocycles. The van der Waals surface area contributed by atoms with Gasteiger partial charge in [0.15, 0.2) is 0 Å². The van der Waals surface area contributed by atoms with Crippen molar-refractivity contribution >= 4 is 0 Å². The zero-order chi connectivity index (χ0) is 13.8. The summed E-state index contributed by atoms with van der Waals surface area (Å²) >= 11 is 0. The molecule has 1 aromatic heterocycles. The van der Waals surface area contributed by atoms with Crippen LogP contribution in [-0.4, -0.2) is 25.0 Å². The first-order valence-electron chi connectivity index (χ1n) is 7.53. The molecule has 0 spiro atoms. The molecule has 0 bridgehead atoms. The monoisotopic (exact) mass is 264 g/mol. The minimum Gasteiger partial charge on any atom is -0.463 e. The summed E-state index contributed by atoms with van der Waals surface area (Å²) in [7, 11) is 4.19. The lowest BCUT2D eigenvalue weighted by atomic mass is 9.86. The number of nitrogens with zero attached hydrogens (tertiary/aromatic N) is 1. The molecule has 2 unspecified atom stereocenters. The summed E-state index contributed by atoms with van der Waals surface area (Å²) in [4.78, 5) is 2.47.